The number of primary amides is 1. The number of amides is 3. The number of carbonyl (C=O) groups excluding carboxylic acids is 2. The van der Waals surface area contributed by atoms with Crippen molar-refractivity contribution in [2.24, 2.45) is 17.4 Å². The number of nitrogens with one attached hydrogen (secondary N) is 2. The van der Waals surface area contributed by atoms with Crippen LogP contribution >= 0.6 is 0 Å². The van der Waals surface area contributed by atoms with Gasteiger partial charge in [-0.15, -0.1) is 0 Å². The van der Waals surface area contributed by atoms with Crippen LogP contribution in [0.15, 0.2) is 12.2 Å². The van der Waals surface area contributed by atoms with E-state index in [0.29, 0.717) is 19.5 Å². The van der Waals surface area contributed by atoms with Gasteiger partial charge in [0, 0.05) is 19.1 Å². The Kier molecular flexibility index (Phi) is 4.11. The van der Waals surface area contributed by atoms with Crippen molar-refractivity contribution in [1.29, 1.82) is 0 Å². The molecule has 15 heavy (non-hydrogen) atoms. The predicted octanol–water partition coefficient (Wildman–Crippen LogP) is -1.33. The molecule has 6 heteroatoms. The molecule has 2 atom stereocenters. The average molecular weight is 212 g/mol. The molecule has 1 aliphatic rings. The van der Waals surface area contributed by atoms with Crippen molar-refractivity contribution in [2.45, 2.75) is 12.5 Å². The first kappa shape index (κ1) is 11.5. The molecule has 1 aliphatic carbocycles. The van der Waals surface area contributed by atoms with Gasteiger partial charge in [0.05, 0.1) is 5.92 Å². The van der Waals surface area contributed by atoms with Crippen LogP contribution in [0, 0.1) is 5.92 Å². The van der Waals surface area contributed by atoms with E-state index in [1.54, 1.807) is 0 Å². The number of urea groups is 1. The van der Waals surface area contributed by atoms with Crippen LogP contribution < -0.4 is 22.1 Å². The topological polar surface area (TPSA) is 110 Å². The smallest absolute Gasteiger partial charge is 0.312 e. The van der Waals surface area contributed by atoms with E-state index in [1.165, 1.54) is 0 Å². The monoisotopic (exact) mass is 212 g/mol. The van der Waals surface area contributed by atoms with Gasteiger partial charge in [0.15, 0.2) is 0 Å². The molecule has 6 nitrogen and oxygen atoms in total. The molecule has 0 bridgehead atoms. The number of rotatable bonds is 4. The van der Waals surface area contributed by atoms with Gasteiger partial charge in [-0.3, -0.25) is 4.79 Å². The van der Waals surface area contributed by atoms with Gasteiger partial charge in [0.25, 0.3) is 0 Å². The van der Waals surface area contributed by atoms with E-state index in [4.69, 9.17) is 11.5 Å². The van der Waals surface area contributed by atoms with Gasteiger partial charge >= 0.3 is 6.03 Å². The summed E-state index contributed by atoms with van der Waals surface area (Å²) in [4.78, 5) is 21.8. The lowest BCUT2D eigenvalue weighted by molar-refractivity contribution is -0.123. The van der Waals surface area contributed by atoms with Gasteiger partial charge in [-0.25, -0.2) is 4.79 Å². The average Bonchev–Trinajstić information content (AvgIpc) is 2.59. The first-order valence-electron chi connectivity index (χ1n) is 4.84. The molecule has 0 aliphatic heterocycles. The van der Waals surface area contributed by atoms with E-state index in [2.05, 4.69) is 10.6 Å². The molecule has 1 rings (SSSR count). The third kappa shape index (κ3) is 3.99. The maximum absolute atomic E-state index is 11.5. The van der Waals surface area contributed by atoms with E-state index in [9.17, 15) is 9.59 Å². The molecule has 0 radical (unpaired) electrons. The van der Waals surface area contributed by atoms with Gasteiger partial charge in [-0.1, -0.05) is 12.2 Å². The molecule has 0 saturated heterocycles. The van der Waals surface area contributed by atoms with Gasteiger partial charge in [0.2, 0.25) is 5.91 Å². The van der Waals surface area contributed by atoms with Crippen LogP contribution in [-0.2, 0) is 4.79 Å². The van der Waals surface area contributed by atoms with Crippen molar-refractivity contribution in [3.05, 3.63) is 12.2 Å². The lowest BCUT2D eigenvalue weighted by atomic mass is 10.1. The first-order valence-corrected chi connectivity index (χ1v) is 4.84. The lowest BCUT2D eigenvalue weighted by Gasteiger charge is -2.10. The molecule has 84 valence electrons. The minimum atomic E-state index is -0.591. The fraction of sp³-hybridized carbons (Fsp3) is 0.556. The van der Waals surface area contributed by atoms with E-state index in [0.717, 1.165) is 0 Å². The highest BCUT2D eigenvalue weighted by Crippen LogP contribution is 2.15. The predicted molar refractivity (Wildman–Crippen MR) is 55.8 cm³/mol. The summed E-state index contributed by atoms with van der Waals surface area (Å²) < 4.78 is 0. The number of hydrogen-bond acceptors (Lipinski definition) is 3. The summed E-state index contributed by atoms with van der Waals surface area (Å²) in [5.74, 6) is -0.209. The fourth-order valence-electron chi connectivity index (χ4n) is 1.42. The number of carbonyl (C=O) groups is 2. The van der Waals surface area contributed by atoms with Crippen LogP contribution in [-0.4, -0.2) is 31.1 Å². The quantitative estimate of drug-likeness (QED) is 0.342. The third-order valence-electron chi connectivity index (χ3n) is 2.18. The highest BCUT2D eigenvalue weighted by molar-refractivity contribution is 5.81. The van der Waals surface area contributed by atoms with Gasteiger partial charge in [-0.2, -0.15) is 0 Å². The molecular weight excluding hydrogens is 196 g/mol. The molecule has 0 aromatic heterocycles. The Morgan fingerprint density at radius 3 is 2.47 bits per heavy atom. The zero-order chi connectivity index (χ0) is 11.3. The highest BCUT2D eigenvalue weighted by Gasteiger charge is 2.21. The zero-order valence-corrected chi connectivity index (χ0v) is 8.40. The van der Waals surface area contributed by atoms with Gasteiger partial charge in [-0.05, 0) is 6.42 Å². The second-order valence-electron chi connectivity index (χ2n) is 3.47. The van der Waals surface area contributed by atoms with Crippen molar-refractivity contribution < 1.29 is 9.59 Å². The lowest BCUT2D eigenvalue weighted by Crippen LogP contribution is -2.39. The molecular formula is C9H16N4O2. The Hall–Kier alpha value is -1.56. The molecule has 2 unspecified atom stereocenters. The molecule has 0 saturated carbocycles. The number of nitrogens with two attached hydrogens (primary N) is 2. The highest BCUT2D eigenvalue weighted by atomic mass is 16.2. The fourth-order valence-corrected chi connectivity index (χ4v) is 1.42. The second-order valence-corrected chi connectivity index (χ2v) is 3.47. The minimum Gasteiger partial charge on any atom is -0.354 e. The van der Waals surface area contributed by atoms with E-state index >= 15 is 0 Å². The first-order chi connectivity index (χ1) is 7.09. The largest absolute Gasteiger partial charge is 0.354 e. The van der Waals surface area contributed by atoms with Crippen LogP contribution in [0.4, 0.5) is 4.79 Å². The summed E-state index contributed by atoms with van der Waals surface area (Å²) >= 11 is 0. The summed E-state index contributed by atoms with van der Waals surface area (Å²) in [6, 6.07) is -0.614. The van der Waals surface area contributed by atoms with Gasteiger partial charge < -0.3 is 22.1 Å². The van der Waals surface area contributed by atoms with Crippen molar-refractivity contribution in [3.8, 4) is 0 Å². The third-order valence-corrected chi connectivity index (χ3v) is 2.18. The van der Waals surface area contributed by atoms with Crippen LogP contribution in [0.1, 0.15) is 6.42 Å². The Bertz CT molecular complexity index is 277. The standard InChI is InChI=1S/C9H16N4O2/c10-7-2-1-6(5-7)8(14)12-3-4-13-9(11)15/h1-2,6-7H,3-5,10H2,(H,12,14)(H3,11,13,15). The molecule has 3 amide bonds. The summed E-state index contributed by atoms with van der Waals surface area (Å²) in [6.45, 7) is 0.713. The zero-order valence-electron chi connectivity index (χ0n) is 8.40. The number of hydrogen-bond donors (Lipinski definition) is 4. The molecule has 0 aromatic carbocycles. The van der Waals surface area contributed by atoms with Crippen molar-refractivity contribution in [3.63, 3.8) is 0 Å². The Balaban J connectivity index is 2.14. The van der Waals surface area contributed by atoms with Crippen LogP contribution in [0.2, 0.25) is 0 Å². The SMILES string of the molecule is NC(=O)NCCNC(=O)C1C=CC(N)C1. The summed E-state index contributed by atoms with van der Waals surface area (Å²) in [6.07, 6.45) is 4.28. The Labute approximate surface area is 88.1 Å². The van der Waals surface area contributed by atoms with Crippen molar-refractivity contribution in [1.82, 2.24) is 10.6 Å². The summed E-state index contributed by atoms with van der Waals surface area (Å²) in [5, 5.41) is 5.07. The Morgan fingerprint density at radius 2 is 1.93 bits per heavy atom. The molecule has 0 spiro atoms. The molecule has 0 aromatic rings. The summed E-state index contributed by atoms with van der Waals surface area (Å²) in [7, 11) is 0. The summed E-state index contributed by atoms with van der Waals surface area (Å²) in [5.41, 5.74) is 10.5. The van der Waals surface area contributed by atoms with E-state index in [-0.39, 0.29) is 17.9 Å². The van der Waals surface area contributed by atoms with Crippen molar-refractivity contribution in [2.75, 3.05) is 13.1 Å². The normalized spacial score (nSPS) is 23.8. The second kappa shape index (κ2) is 5.35. The molecule has 0 heterocycles. The minimum absolute atomic E-state index is 0.0236. The van der Waals surface area contributed by atoms with Crippen LogP contribution in [0.25, 0.3) is 0 Å². The van der Waals surface area contributed by atoms with Crippen LogP contribution in [0.5, 0.6) is 0 Å². The van der Waals surface area contributed by atoms with Crippen molar-refractivity contribution >= 4 is 11.9 Å². The maximum Gasteiger partial charge on any atom is 0.312 e. The molecule has 6 N–H and O–H groups in total. The van der Waals surface area contributed by atoms with E-state index in [1.807, 2.05) is 12.2 Å². The Morgan fingerprint density at radius 1 is 1.27 bits per heavy atom. The molecule has 0 fully saturated rings. The van der Waals surface area contributed by atoms with Crippen LogP contribution in [0.3, 0.4) is 0 Å². The van der Waals surface area contributed by atoms with E-state index < -0.39 is 6.03 Å². The van der Waals surface area contributed by atoms with Gasteiger partial charge in [0.1, 0.15) is 0 Å². The maximum atomic E-state index is 11.5.